The minimum atomic E-state index is -0.423. The van der Waals surface area contributed by atoms with Gasteiger partial charge in [-0.15, -0.1) is 0 Å². The topological polar surface area (TPSA) is 67.2 Å². The van der Waals surface area contributed by atoms with Gasteiger partial charge in [-0.2, -0.15) is 5.26 Å². The smallest absolute Gasteiger partial charge is 0.176 e. The van der Waals surface area contributed by atoms with Crippen LogP contribution in [0, 0.1) is 62.1 Å². The van der Waals surface area contributed by atoms with E-state index in [0.29, 0.717) is 11.7 Å². The van der Waals surface area contributed by atoms with E-state index >= 15 is 0 Å². The van der Waals surface area contributed by atoms with Gasteiger partial charge in [-0.1, -0.05) is 53.2 Å². The van der Waals surface area contributed by atoms with Crippen molar-refractivity contribution < 1.29 is 14.3 Å². The molecule has 0 radical (unpaired) electrons. The number of nitriles is 1. The van der Waals surface area contributed by atoms with Crippen molar-refractivity contribution in [1.82, 2.24) is 0 Å². The van der Waals surface area contributed by atoms with Gasteiger partial charge in [0.25, 0.3) is 0 Å². The maximum Gasteiger partial charge on any atom is 0.176 e. The lowest BCUT2D eigenvalue weighted by atomic mass is 9.34. The molecule has 0 aromatic carbocycles. The van der Waals surface area contributed by atoms with E-state index in [1.54, 1.807) is 7.11 Å². The first-order chi connectivity index (χ1) is 17.3. The fourth-order valence-electron chi connectivity index (χ4n) is 10.4. The SMILES string of the molecule is COCCC[C@]12CCC(C)(C)CC1C1C(=O)C=C3[C@@]4(C)C=C(C#N)C(=O)[C@@H](C)[C@@H]4CC[C@@]3(C)[C@]1(C)CC2. The van der Waals surface area contributed by atoms with Crippen LogP contribution in [0.1, 0.15) is 99.3 Å². The molecular formula is C33H47NO3. The van der Waals surface area contributed by atoms with E-state index < -0.39 is 5.41 Å². The maximum atomic E-state index is 14.4. The van der Waals surface area contributed by atoms with E-state index in [1.165, 1.54) is 24.8 Å². The molecule has 5 aliphatic carbocycles. The van der Waals surface area contributed by atoms with Crippen LogP contribution in [0.3, 0.4) is 0 Å². The molecule has 8 atom stereocenters. The zero-order valence-corrected chi connectivity index (χ0v) is 24.2. The maximum absolute atomic E-state index is 14.4. The molecule has 3 saturated carbocycles. The van der Waals surface area contributed by atoms with Gasteiger partial charge in [0.05, 0.1) is 5.57 Å². The fraction of sp³-hybridized carbons (Fsp3) is 0.788. The van der Waals surface area contributed by atoms with Crippen molar-refractivity contribution in [3.8, 4) is 6.07 Å². The molecule has 202 valence electrons. The lowest BCUT2D eigenvalue weighted by molar-refractivity contribution is -0.171. The molecule has 4 nitrogen and oxygen atoms in total. The van der Waals surface area contributed by atoms with Crippen molar-refractivity contribution in [2.24, 2.45) is 50.7 Å². The third-order valence-corrected chi connectivity index (χ3v) is 12.7. The molecule has 3 fully saturated rings. The summed E-state index contributed by atoms with van der Waals surface area (Å²) in [5, 5.41) is 9.80. The van der Waals surface area contributed by atoms with Gasteiger partial charge in [-0.05, 0) is 97.4 Å². The van der Waals surface area contributed by atoms with Crippen molar-refractivity contribution in [3.63, 3.8) is 0 Å². The molecule has 0 spiro atoms. The number of ether oxygens (including phenoxy) is 1. The lowest BCUT2D eigenvalue weighted by Crippen LogP contribution is -2.64. The number of nitrogens with zero attached hydrogens (tertiary/aromatic N) is 1. The Hall–Kier alpha value is -1.73. The summed E-state index contributed by atoms with van der Waals surface area (Å²) >= 11 is 0. The summed E-state index contributed by atoms with van der Waals surface area (Å²) in [5.41, 5.74) is 1.32. The molecule has 0 aliphatic heterocycles. The van der Waals surface area contributed by atoms with Crippen LogP contribution in [-0.4, -0.2) is 25.3 Å². The van der Waals surface area contributed by atoms with E-state index in [9.17, 15) is 14.9 Å². The van der Waals surface area contributed by atoms with Gasteiger partial charge in [0.15, 0.2) is 11.6 Å². The predicted molar refractivity (Wildman–Crippen MR) is 145 cm³/mol. The number of fused-ring (bicyclic) bond motifs is 7. The van der Waals surface area contributed by atoms with Crippen molar-refractivity contribution in [1.29, 1.82) is 5.26 Å². The van der Waals surface area contributed by atoms with E-state index in [1.807, 2.05) is 19.1 Å². The average molecular weight is 506 g/mol. The summed E-state index contributed by atoms with van der Waals surface area (Å²) in [6.07, 6.45) is 14.0. The monoisotopic (exact) mass is 505 g/mol. The summed E-state index contributed by atoms with van der Waals surface area (Å²) in [7, 11) is 1.79. The zero-order chi connectivity index (χ0) is 27.0. The van der Waals surface area contributed by atoms with E-state index in [-0.39, 0.29) is 50.8 Å². The molecule has 0 bridgehead atoms. The third kappa shape index (κ3) is 3.62. The minimum Gasteiger partial charge on any atom is -0.385 e. The van der Waals surface area contributed by atoms with Gasteiger partial charge >= 0.3 is 0 Å². The first-order valence-electron chi connectivity index (χ1n) is 14.7. The van der Waals surface area contributed by atoms with Gasteiger partial charge < -0.3 is 4.74 Å². The van der Waals surface area contributed by atoms with E-state index in [4.69, 9.17) is 4.74 Å². The molecule has 0 aromatic heterocycles. The Bertz CT molecular complexity index is 1110. The summed E-state index contributed by atoms with van der Waals surface area (Å²) in [6, 6.07) is 2.19. The molecular weight excluding hydrogens is 458 g/mol. The van der Waals surface area contributed by atoms with Crippen molar-refractivity contribution in [2.75, 3.05) is 13.7 Å². The molecule has 2 unspecified atom stereocenters. The second-order valence-corrected chi connectivity index (χ2v) is 14.9. The van der Waals surface area contributed by atoms with Crippen LogP contribution in [0.25, 0.3) is 0 Å². The molecule has 0 heterocycles. The number of ketones is 2. The second-order valence-electron chi connectivity index (χ2n) is 14.9. The first-order valence-corrected chi connectivity index (χ1v) is 14.7. The summed E-state index contributed by atoms with van der Waals surface area (Å²) < 4.78 is 5.45. The number of allylic oxidation sites excluding steroid dienone is 4. The lowest BCUT2D eigenvalue weighted by Gasteiger charge is -2.69. The highest BCUT2D eigenvalue weighted by Gasteiger charge is 2.68. The van der Waals surface area contributed by atoms with Crippen LogP contribution >= 0.6 is 0 Å². The van der Waals surface area contributed by atoms with Gasteiger partial charge in [0.1, 0.15) is 6.07 Å². The van der Waals surface area contributed by atoms with Crippen LogP contribution in [0.4, 0.5) is 0 Å². The summed E-state index contributed by atoms with van der Waals surface area (Å²) in [6.45, 7) is 14.6. The number of Topliss-reactive ketones (excluding diaryl/α,β-unsaturated/α-hetero) is 1. The van der Waals surface area contributed by atoms with Gasteiger partial charge in [0, 0.05) is 31.0 Å². The number of hydrogen-bond donors (Lipinski definition) is 0. The van der Waals surface area contributed by atoms with Gasteiger partial charge in [-0.25, -0.2) is 0 Å². The number of hydrogen-bond acceptors (Lipinski definition) is 4. The van der Waals surface area contributed by atoms with E-state index in [0.717, 1.165) is 45.1 Å². The largest absolute Gasteiger partial charge is 0.385 e. The highest BCUT2D eigenvalue weighted by atomic mass is 16.5. The average Bonchev–Trinajstić information content (AvgIpc) is 2.83. The molecule has 0 amide bonds. The highest BCUT2D eigenvalue weighted by molar-refractivity contribution is 6.02. The Morgan fingerprint density at radius 1 is 1.03 bits per heavy atom. The number of carbonyl (C=O) groups excluding carboxylic acids is 2. The number of methoxy groups -OCH3 is 1. The minimum absolute atomic E-state index is 0.0247. The van der Waals surface area contributed by atoms with Gasteiger partial charge in [-0.3, -0.25) is 9.59 Å². The second kappa shape index (κ2) is 8.64. The van der Waals surface area contributed by atoms with Crippen molar-refractivity contribution in [2.45, 2.75) is 99.3 Å². The van der Waals surface area contributed by atoms with E-state index in [2.05, 4.69) is 40.7 Å². The third-order valence-electron chi connectivity index (χ3n) is 12.7. The van der Waals surface area contributed by atoms with Crippen LogP contribution < -0.4 is 0 Å². The van der Waals surface area contributed by atoms with Gasteiger partial charge in [0.2, 0.25) is 0 Å². The Morgan fingerprint density at radius 2 is 1.73 bits per heavy atom. The molecule has 0 N–H and O–H groups in total. The van der Waals surface area contributed by atoms with Crippen LogP contribution in [0.15, 0.2) is 23.3 Å². The quantitative estimate of drug-likeness (QED) is 0.378. The predicted octanol–water partition coefficient (Wildman–Crippen LogP) is 7.24. The molecule has 0 aromatic rings. The van der Waals surface area contributed by atoms with Crippen LogP contribution in [0.5, 0.6) is 0 Å². The molecule has 5 aliphatic rings. The Balaban J connectivity index is 1.63. The number of carbonyl (C=O) groups is 2. The molecule has 4 heteroatoms. The normalized spacial score (nSPS) is 46.4. The van der Waals surface area contributed by atoms with Crippen molar-refractivity contribution >= 4 is 11.6 Å². The van der Waals surface area contributed by atoms with Crippen molar-refractivity contribution in [3.05, 3.63) is 23.3 Å². The number of rotatable bonds is 4. The Morgan fingerprint density at radius 3 is 2.41 bits per heavy atom. The molecule has 37 heavy (non-hydrogen) atoms. The Kier molecular flexibility index (Phi) is 6.27. The summed E-state index contributed by atoms with van der Waals surface area (Å²) in [4.78, 5) is 27.4. The Labute approximate surface area is 224 Å². The summed E-state index contributed by atoms with van der Waals surface area (Å²) in [5.74, 6) is 0.690. The highest BCUT2D eigenvalue weighted by Crippen LogP contribution is 2.74. The zero-order valence-electron chi connectivity index (χ0n) is 24.2. The van der Waals surface area contributed by atoms with Crippen LogP contribution in [-0.2, 0) is 14.3 Å². The fourth-order valence-corrected chi connectivity index (χ4v) is 10.4. The molecule has 5 rings (SSSR count). The standard InChI is InChI=1S/C33H47NO3/c1-21-23-9-11-31(5)26(30(23,4)18-22(20-34)28(21)36)17-25(35)27-24-19-29(2,3)12-14-33(24,10-8-16-37-7)15-13-32(27,31)6/h17-18,21,23-24,27H,8-16,19H2,1-7H3/t21-,23-,24?,27?,30-,31+,32+,33+/m0/s1. The van der Waals surface area contributed by atoms with Crippen LogP contribution in [0.2, 0.25) is 0 Å². The molecule has 0 saturated heterocycles. The first kappa shape index (κ1) is 26.9.